The molecule has 0 fully saturated rings. The first-order valence-corrected chi connectivity index (χ1v) is 21.1. The van der Waals surface area contributed by atoms with Gasteiger partial charge in [-0.15, -0.1) is 0 Å². The molecule has 0 aromatic heterocycles. The summed E-state index contributed by atoms with van der Waals surface area (Å²) in [4.78, 5) is 2.44. The molecule has 0 heterocycles. The average molecular weight is 764 g/mol. The van der Waals surface area contributed by atoms with E-state index in [1.165, 1.54) is 66.8 Å². The minimum atomic E-state index is -0.558. The quantitative estimate of drug-likeness (QED) is 0.138. The minimum Gasteiger partial charge on any atom is -0.489 e. The van der Waals surface area contributed by atoms with Gasteiger partial charge in [-0.1, -0.05) is 173 Å². The van der Waals surface area contributed by atoms with Crippen LogP contribution in [0, 0.1) is 0 Å². The van der Waals surface area contributed by atoms with Gasteiger partial charge in [0.15, 0.2) is 0 Å². The molecule has 0 saturated carbocycles. The molecule has 0 aliphatic heterocycles. The third-order valence-electron chi connectivity index (χ3n) is 13.2. The number of ether oxygens (including phenoxy) is 1. The summed E-state index contributed by atoms with van der Waals surface area (Å²) in [6, 6.07) is 71.6. The smallest absolute Gasteiger partial charge is 0.119 e. The molecular formula is C57H49NO. The molecule has 0 spiro atoms. The van der Waals surface area contributed by atoms with Crippen LogP contribution in [-0.2, 0) is 17.4 Å². The van der Waals surface area contributed by atoms with E-state index in [-0.39, 0.29) is 5.41 Å². The number of fused-ring (bicyclic) bond motifs is 6. The van der Waals surface area contributed by atoms with Crippen molar-refractivity contribution in [2.45, 2.75) is 57.5 Å². The Bertz CT molecular complexity index is 2790. The molecule has 2 unspecified atom stereocenters. The molecule has 8 aromatic rings. The van der Waals surface area contributed by atoms with Gasteiger partial charge in [-0.3, -0.25) is 0 Å². The average Bonchev–Trinajstić information content (AvgIpc) is 3.71. The number of benzene rings is 8. The fourth-order valence-corrected chi connectivity index (χ4v) is 9.88. The Balaban J connectivity index is 1.10. The Hall–Kier alpha value is -6.64. The molecule has 2 aliphatic carbocycles. The van der Waals surface area contributed by atoms with Crippen LogP contribution in [0.3, 0.4) is 0 Å². The van der Waals surface area contributed by atoms with E-state index >= 15 is 0 Å². The van der Waals surface area contributed by atoms with Crippen molar-refractivity contribution in [3.05, 3.63) is 239 Å². The maximum Gasteiger partial charge on any atom is 0.119 e. The monoisotopic (exact) mass is 763 g/mol. The Morgan fingerprint density at radius 3 is 1.66 bits per heavy atom. The molecule has 2 heteroatoms. The van der Waals surface area contributed by atoms with E-state index in [1.807, 2.05) is 0 Å². The zero-order valence-electron chi connectivity index (χ0n) is 34.3. The van der Waals surface area contributed by atoms with E-state index in [1.54, 1.807) is 0 Å². The fourth-order valence-electron chi connectivity index (χ4n) is 9.88. The van der Waals surface area contributed by atoms with Crippen molar-refractivity contribution in [3.63, 3.8) is 0 Å². The molecule has 2 aliphatic rings. The lowest BCUT2D eigenvalue weighted by Gasteiger charge is -2.35. The second-order valence-corrected chi connectivity index (χ2v) is 16.8. The Morgan fingerprint density at radius 2 is 1.00 bits per heavy atom. The largest absolute Gasteiger partial charge is 0.489 e. The van der Waals surface area contributed by atoms with Crippen molar-refractivity contribution < 1.29 is 4.74 Å². The number of hydrogen-bond acceptors (Lipinski definition) is 2. The first kappa shape index (κ1) is 36.7. The molecule has 59 heavy (non-hydrogen) atoms. The van der Waals surface area contributed by atoms with Gasteiger partial charge in [0.25, 0.3) is 0 Å². The van der Waals surface area contributed by atoms with Crippen LogP contribution in [0.1, 0.15) is 84.5 Å². The van der Waals surface area contributed by atoms with Gasteiger partial charge in [0.2, 0.25) is 0 Å². The van der Waals surface area contributed by atoms with Gasteiger partial charge in [0.1, 0.15) is 12.4 Å². The lowest BCUT2D eigenvalue weighted by atomic mass is 9.67. The van der Waals surface area contributed by atoms with Crippen LogP contribution >= 0.6 is 0 Å². The summed E-state index contributed by atoms with van der Waals surface area (Å²) in [5, 5.41) is 0. The lowest BCUT2D eigenvalue weighted by molar-refractivity contribution is 0.306. The highest BCUT2D eigenvalue weighted by molar-refractivity contribution is 5.90. The molecule has 0 N–H and O–H groups in total. The maximum atomic E-state index is 6.42. The van der Waals surface area contributed by atoms with Gasteiger partial charge >= 0.3 is 0 Å². The number of hydrogen-bond donors (Lipinski definition) is 0. The summed E-state index contributed by atoms with van der Waals surface area (Å²) in [5.41, 5.74) is 18.2. The first-order valence-electron chi connectivity index (χ1n) is 21.1. The summed E-state index contributed by atoms with van der Waals surface area (Å²) < 4.78 is 6.42. The third-order valence-corrected chi connectivity index (χ3v) is 13.2. The highest BCUT2D eigenvalue weighted by Gasteiger charge is 2.46. The lowest BCUT2D eigenvalue weighted by Crippen LogP contribution is -2.28. The number of para-hydroxylation sites is 1. The zero-order chi connectivity index (χ0) is 40.1. The van der Waals surface area contributed by atoms with Crippen LogP contribution in [0.5, 0.6) is 5.75 Å². The second-order valence-electron chi connectivity index (χ2n) is 16.8. The number of rotatable bonds is 10. The van der Waals surface area contributed by atoms with Gasteiger partial charge in [0.05, 0.1) is 5.41 Å². The van der Waals surface area contributed by atoms with Crippen LogP contribution in [0.25, 0.3) is 22.3 Å². The van der Waals surface area contributed by atoms with Crippen molar-refractivity contribution in [1.82, 2.24) is 0 Å². The molecular weight excluding hydrogens is 715 g/mol. The number of nitrogens with zero attached hydrogens (tertiary/aromatic N) is 1. The summed E-state index contributed by atoms with van der Waals surface area (Å²) in [7, 11) is 0. The summed E-state index contributed by atoms with van der Waals surface area (Å²) in [5.74, 6) is 1.42. The molecule has 0 amide bonds. The third kappa shape index (κ3) is 6.00. The van der Waals surface area contributed by atoms with Gasteiger partial charge in [-0.2, -0.15) is 0 Å². The fraction of sp³-hybridized carbons (Fsp3) is 0.158. The molecule has 2 atom stereocenters. The summed E-state index contributed by atoms with van der Waals surface area (Å²) in [6.07, 6.45) is 1.14. The normalized spacial score (nSPS) is 16.1. The predicted octanol–water partition coefficient (Wildman–Crippen LogP) is 14.9. The maximum absolute atomic E-state index is 6.42. The van der Waals surface area contributed by atoms with E-state index in [4.69, 9.17) is 4.74 Å². The van der Waals surface area contributed by atoms with Crippen molar-refractivity contribution in [1.29, 1.82) is 0 Å². The molecule has 10 rings (SSSR count). The molecule has 288 valence electrons. The molecule has 0 radical (unpaired) electrons. The van der Waals surface area contributed by atoms with Gasteiger partial charge < -0.3 is 9.64 Å². The van der Waals surface area contributed by atoms with E-state index in [2.05, 4.69) is 227 Å². The highest BCUT2D eigenvalue weighted by atomic mass is 16.5. The predicted molar refractivity (Wildman–Crippen MR) is 245 cm³/mol. The minimum absolute atomic E-state index is 0.111. The van der Waals surface area contributed by atoms with Crippen molar-refractivity contribution in [2.75, 3.05) is 4.90 Å². The summed E-state index contributed by atoms with van der Waals surface area (Å²) in [6.45, 7) is 9.77. The molecule has 8 aromatic carbocycles. The van der Waals surface area contributed by atoms with Gasteiger partial charge in [-0.25, -0.2) is 0 Å². The van der Waals surface area contributed by atoms with Crippen molar-refractivity contribution >= 4 is 17.1 Å². The molecule has 0 bridgehead atoms. The van der Waals surface area contributed by atoms with E-state index in [0.29, 0.717) is 12.5 Å². The van der Waals surface area contributed by atoms with E-state index in [0.717, 1.165) is 29.2 Å². The van der Waals surface area contributed by atoms with Crippen molar-refractivity contribution in [2.24, 2.45) is 0 Å². The van der Waals surface area contributed by atoms with Gasteiger partial charge in [0, 0.05) is 22.5 Å². The van der Waals surface area contributed by atoms with Crippen LogP contribution in [0.15, 0.2) is 194 Å². The van der Waals surface area contributed by atoms with Crippen LogP contribution in [0.4, 0.5) is 17.1 Å². The van der Waals surface area contributed by atoms with Crippen LogP contribution in [-0.4, -0.2) is 0 Å². The zero-order valence-corrected chi connectivity index (χ0v) is 34.3. The SMILES string of the molecule is CCC(C)c1ccc(COc2ccc(C3(c4ccccc4)c4ccccc4-c4ccc(N(c5ccccc5)c5ccc6c(c5)C(C)(C)c5ccccc5-6)cc43)cc2)cc1. The second kappa shape index (κ2) is 14.6. The Labute approximate surface area is 349 Å². The first-order chi connectivity index (χ1) is 28.9. The Kier molecular flexibility index (Phi) is 9.10. The van der Waals surface area contributed by atoms with E-state index < -0.39 is 5.41 Å². The summed E-state index contributed by atoms with van der Waals surface area (Å²) >= 11 is 0. The standard InChI is InChI=1S/C57H49NO/c1-5-39(2)41-26-24-40(25-27-41)38-59-47-32-28-43(29-33-47)57(42-16-8-6-9-17-42)53-23-15-13-21-49(53)51-35-31-46(37-55(51)57)58(44-18-10-7-11-19-44)45-30-34-50-48-20-12-14-22-52(48)56(3,4)54(50)36-45/h6-37,39H,5,38H2,1-4H3. The van der Waals surface area contributed by atoms with Gasteiger partial charge in [-0.05, 0) is 128 Å². The Morgan fingerprint density at radius 1 is 0.475 bits per heavy atom. The number of anilines is 3. The van der Waals surface area contributed by atoms with Crippen molar-refractivity contribution in [3.8, 4) is 28.0 Å². The topological polar surface area (TPSA) is 12.5 Å². The molecule has 0 saturated heterocycles. The highest BCUT2D eigenvalue weighted by Crippen LogP contribution is 2.58. The van der Waals surface area contributed by atoms with Crippen LogP contribution in [0.2, 0.25) is 0 Å². The van der Waals surface area contributed by atoms with E-state index in [9.17, 15) is 0 Å². The molecule has 2 nitrogen and oxygen atoms in total. The van der Waals surface area contributed by atoms with Crippen LogP contribution < -0.4 is 9.64 Å².